The Morgan fingerprint density at radius 3 is 1.74 bits per heavy atom. The van der Waals surface area contributed by atoms with Crippen molar-refractivity contribution in [1.82, 2.24) is 9.97 Å². The van der Waals surface area contributed by atoms with Crippen molar-refractivity contribution in [1.29, 1.82) is 0 Å². The number of hydrogen-bond acceptors (Lipinski definition) is 2. The summed E-state index contributed by atoms with van der Waals surface area (Å²) in [7, 11) is 0. The highest BCUT2D eigenvalue weighted by Gasteiger charge is 1.99. The normalized spacial score (nSPS) is 8.26. The van der Waals surface area contributed by atoms with Crippen molar-refractivity contribution in [2.24, 2.45) is 0 Å². The van der Waals surface area contributed by atoms with Crippen LogP contribution in [0.25, 0.3) is 10.9 Å². The van der Waals surface area contributed by atoms with E-state index in [0.29, 0.717) is 0 Å². The summed E-state index contributed by atoms with van der Waals surface area (Å²) in [6.07, 6.45) is 1.88. The maximum Gasteiger partial charge on any atom is 0.125 e. The van der Waals surface area contributed by atoms with Crippen LogP contribution in [0.4, 0.5) is 0 Å². The molecule has 0 aliphatic carbocycles. The van der Waals surface area contributed by atoms with Crippen molar-refractivity contribution in [2.75, 3.05) is 0 Å². The Morgan fingerprint density at radius 1 is 0.737 bits per heavy atom. The van der Waals surface area contributed by atoms with E-state index in [9.17, 15) is 0 Å². The van der Waals surface area contributed by atoms with E-state index < -0.39 is 0 Å². The average molecular weight is 262 g/mol. The van der Waals surface area contributed by atoms with Crippen molar-refractivity contribution in [3.05, 3.63) is 35.3 Å². The Kier molecular flexibility index (Phi) is 12.2. The van der Waals surface area contributed by atoms with E-state index in [0.717, 1.165) is 16.7 Å². The fourth-order valence-electron chi connectivity index (χ4n) is 1.39. The first-order valence-corrected chi connectivity index (χ1v) is 7.37. The number of aryl methyl sites for hydroxylation is 3. The molecule has 2 aromatic rings. The molecule has 0 saturated carbocycles. The molecule has 1 aromatic heterocycles. The van der Waals surface area contributed by atoms with Crippen molar-refractivity contribution in [2.45, 2.75) is 62.3 Å². The topological polar surface area (TPSA) is 25.8 Å². The molecule has 2 nitrogen and oxygen atoms in total. The van der Waals surface area contributed by atoms with E-state index in [1.165, 1.54) is 11.1 Å². The van der Waals surface area contributed by atoms with Crippen LogP contribution in [0.1, 0.15) is 58.5 Å². The lowest BCUT2D eigenvalue weighted by atomic mass is 10.1. The maximum atomic E-state index is 4.37. The molecule has 0 aliphatic heterocycles. The highest BCUT2D eigenvalue weighted by atomic mass is 14.9. The Balaban J connectivity index is 0. The van der Waals surface area contributed by atoms with E-state index in [4.69, 9.17) is 0 Å². The molecule has 0 bridgehead atoms. The number of benzene rings is 1. The molecule has 0 spiro atoms. The molecule has 0 saturated heterocycles. The molecule has 1 aromatic carbocycles. The highest BCUT2D eigenvalue weighted by Crippen LogP contribution is 2.16. The van der Waals surface area contributed by atoms with Gasteiger partial charge in [0, 0.05) is 11.6 Å². The first-order chi connectivity index (χ1) is 9.16. The number of nitrogens with zero attached hydrogens (tertiary/aromatic N) is 2. The van der Waals surface area contributed by atoms with Gasteiger partial charge in [-0.3, -0.25) is 0 Å². The zero-order valence-electron chi connectivity index (χ0n) is 14.1. The van der Waals surface area contributed by atoms with Gasteiger partial charge >= 0.3 is 0 Å². The minimum absolute atomic E-state index is 0.829. The third kappa shape index (κ3) is 6.32. The standard InChI is InChI=1S/C11H12N2.3C2H6/c1-7-4-10-6-12-9(3)13-11(10)5-8(7)2;3*1-2/h4-6H,1-3H3;3*1-2H3. The Hall–Kier alpha value is -1.44. The van der Waals surface area contributed by atoms with Gasteiger partial charge in [-0.1, -0.05) is 41.5 Å². The summed E-state index contributed by atoms with van der Waals surface area (Å²) in [4.78, 5) is 8.53. The van der Waals surface area contributed by atoms with Gasteiger partial charge in [0.15, 0.2) is 0 Å². The van der Waals surface area contributed by atoms with Gasteiger partial charge in [-0.25, -0.2) is 9.97 Å². The molecule has 2 heteroatoms. The van der Waals surface area contributed by atoms with Gasteiger partial charge in [-0.2, -0.15) is 0 Å². The molecule has 0 atom stereocenters. The fourth-order valence-corrected chi connectivity index (χ4v) is 1.39. The molecule has 0 unspecified atom stereocenters. The van der Waals surface area contributed by atoms with E-state index in [1.54, 1.807) is 0 Å². The Labute approximate surface area is 119 Å². The zero-order valence-corrected chi connectivity index (χ0v) is 14.1. The lowest BCUT2D eigenvalue weighted by Crippen LogP contribution is -1.90. The number of rotatable bonds is 0. The smallest absolute Gasteiger partial charge is 0.125 e. The van der Waals surface area contributed by atoms with E-state index >= 15 is 0 Å². The van der Waals surface area contributed by atoms with Gasteiger partial charge in [0.05, 0.1) is 5.52 Å². The fraction of sp³-hybridized carbons (Fsp3) is 0.529. The van der Waals surface area contributed by atoms with Gasteiger partial charge in [0.2, 0.25) is 0 Å². The summed E-state index contributed by atoms with van der Waals surface area (Å²) in [5.74, 6) is 0.829. The van der Waals surface area contributed by atoms with Crippen LogP contribution in [0, 0.1) is 20.8 Å². The van der Waals surface area contributed by atoms with E-state index in [2.05, 4.69) is 35.9 Å². The zero-order chi connectivity index (χ0) is 15.4. The van der Waals surface area contributed by atoms with Gasteiger partial charge in [0.1, 0.15) is 5.82 Å². The van der Waals surface area contributed by atoms with Crippen molar-refractivity contribution >= 4 is 10.9 Å². The number of hydrogen-bond donors (Lipinski definition) is 0. The lowest BCUT2D eigenvalue weighted by Gasteiger charge is -2.02. The van der Waals surface area contributed by atoms with Crippen molar-refractivity contribution in [3.8, 4) is 0 Å². The third-order valence-electron chi connectivity index (χ3n) is 2.32. The second-order valence-electron chi connectivity index (χ2n) is 3.41. The van der Waals surface area contributed by atoms with Gasteiger partial charge < -0.3 is 0 Å². The second-order valence-corrected chi connectivity index (χ2v) is 3.41. The summed E-state index contributed by atoms with van der Waals surface area (Å²) >= 11 is 0. The van der Waals surface area contributed by atoms with Crippen LogP contribution in [-0.4, -0.2) is 9.97 Å². The largest absolute Gasteiger partial charge is 0.241 e. The van der Waals surface area contributed by atoms with Gasteiger partial charge in [-0.15, -0.1) is 0 Å². The Morgan fingerprint density at radius 2 is 1.21 bits per heavy atom. The van der Waals surface area contributed by atoms with Crippen LogP contribution in [0.2, 0.25) is 0 Å². The average Bonchev–Trinajstić information content (AvgIpc) is 2.47. The summed E-state index contributed by atoms with van der Waals surface area (Å²) in [6, 6.07) is 4.24. The van der Waals surface area contributed by atoms with Gasteiger partial charge in [-0.05, 0) is 44.0 Å². The lowest BCUT2D eigenvalue weighted by molar-refractivity contribution is 1.09. The molecule has 1 heterocycles. The Bertz CT molecular complexity index is 462. The summed E-state index contributed by atoms with van der Waals surface area (Å²) in [6.45, 7) is 18.1. The predicted octanol–water partition coefficient (Wildman–Crippen LogP) is 5.63. The molecule has 19 heavy (non-hydrogen) atoms. The van der Waals surface area contributed by atoms with Crippen molar-refractivity contribution < 1.29 is 0 Å². The van der Waals surface area contributed by atoms with Crippen LogP contribution < -0.4 is 0 Å². The monoisotopic (exact) mass is 262 g/mol. The minimum atomic E-state index is 0.829. The first kappa shape index (κ1) is 19.9. The van der Waals surface area contributed by atoms with E-state index in [1.807, 2.05) is 54.7 Å². The van der Waals surface area contributed by atoms with Crippen LogP contribution in [-0.2, 0) is 0 Å². The highest BCUT2D eigenvalue weighted by molar-refractivity contribution is 5.79. The van der Waals surface area contributed by atoms with E-state index in [-0.39, 0.29) is 0 Å². The first-order valence-electron chi connectivity index (χ1n) is 7.37. The second kappa shape index (κ2) is 11.6. The number of aromatic nitrogens is 2. The maximum absolute atomic E-state index is 4.37. The molecular weight excluding hydrogens is 232 g/mol. The summed E-state index contributed by atoms with van der Waals surface area (Å²) in [5, 5.41) is 1.12. The van der Waals surface area contributed by atoms with Gasteiger partial charge in [0.25, 0.3) is 0 Å². The molecule has 108 valence electrons. The summed E-state index contributed by atoms with van der Waals surface area (Å²) < 4.78 is 0. The molecule has 2 rings (SSSR count). The third-order valence-corrected chi connectivity index (χ3v) is 2.32. The number of fused-ring (bicyclic) bond motifs is 1. The molecule has 0 N–H and O–H groups in total. The SMILES string of the molecule is CC.CC.CC.Cc1ncc2cc(C)c(C)cc2n1. The van der Waals surface area contributed by atoms with Crippen LogP contribution in [0.3, 0.4) is 0 Å². The van der Waals surface area contributed by atoms with Crippen LogP contribution in [0.15, 0.2) is 18.3 Å². The molecule has 0 amide bonds. The predicted molar refractivity (Wildman–Crippen MR) is 87.8 cm³/mol. The van der Waals surface area contributed by atoms with Crippen LogP contribution in [0.5, 0.6) is 0 Å². The molecule has 0 radical (unpaired) electrons. The summed E-state index contributed by atoms with van der Waals surface area (Å²) in [5.41, 5.74) is 3.61. The quantitative estimate of drug-likeness (QED) is 0.614. The minimum Gasteiger partial charge on any atom is -0.241 e. The van der Waals surface area contributed by atoms with Crippen LogP contribution >= 0.6 is 0 Å². The van der Waals surface area contributed by atoms with Crippen molar-refractivity contribution in [3.63, 3.8) is 0 Å². The molecule has 0 aliphatic rings. The molecular formula is C17H30N2. The molecule has 0 fully saturated rings.